The highest BCUT2D eigenvalue weighted by atomic mass is 32.2. The number of rotatable bonds is 8. The summed E-state index contributed by atoms with van der Waals surface area (Å²) in [5.41, 5.74) is 5.37. The summed E-state index contributed by atoms with van der Waals surface area (Å²) in [5.74, 6) is -0.923. The molecular weight excluding hydrogens is 360 g/mol. The number of carbonyl (C=O) groups is 2. The van der Waals surface area contributed by atoms with E-state index in [0.717, 1.165) is 6.42 Å². The number of primary amides is 1. The molecule has 9 nitrogen and oxygen atoms in total. The maximum atomic E-state index is 12.7. The zero-order chi connectivity index (χ0) is 19.3. The molecule has 0 atom stereocenters. The molecule has 0 saturated carbocycles. The Kier molecular flexibility index (Phi) is 6.79. The molecule has 1 aliphatic rings. The van der Waals surface area contributed by atoms with E-state index in [2.05, 4.69) is 5.32 Å². The second kappa shape index (κ2) is 8.65. The average Bonchev–Trinajstić information content (AvgIpc) is 3.01. The molecule has 1 aliphatic heterocycles. The van der Waals surface area contributed by atoms with Gasteiger partial charge in [-0.15, -0.1) is 0 Å². The summed E-state index contributed by atoms with van der Waals surface area (Å²) < 4.78 is 33.2. The molecule has 1 aromatic rings. The number of nitrogens with one attached hydrogen (secondary N) is 1. The van der Waals surface area contributed by atoms with Gasteiger partial charge in [-0.2, -0.15) is 4.31 Å². The fraction of sp³-hybridized carbons (Fsp3) is 0.625. The highest BCUT2D eigenvalue weighted by Gasteiger charge is 2.33. The molecule has 1 saturated heterocycles. The number of carbonyl (C=O) groups excluding carboxylic acids is 2. The van der Waals surface area contributed by atoms with Crippen LogP contribution in [0.3, 0.4) is 0 Å². The van der Waals surface area contributed by atoms with E-state index in [1.54, 1.807) is 14.2 Å². The number of hydrogen-bond donors (Lipinski definition) is 2. The van der Waals surface area contributed by atoms with E-state index >= 15 is 0 Å². The van der Waals surface area contributed by atoms with Crippen molar-refractivity contribution in [1.82, 2.24) is 14.2 Å². The number of ether oxygens (including phenoxy) is 1. The molecule has 3 N–H and O–H groups in total. The van der Waals surface area contributed by atoms with E-state index in [1.807, 2.05) is 0 Å². The minimum Gasteiger partial charge on any atom is -0.385 e. The monoisotopic (exact) mass is 386 g/mol. The minimum absolute atomic E-state index is 0.0382. The van der Waals surface area contributed by atoms with Crippen LogP contribution in [0.5, 0.6) is 0 Å². The lowest BCUT2D eigenvalue weighted by Crippen LogP contribution is -2.43. The van der Waals surface area contributed by atoms with Crippen molar-refractivity contribution < 1.29 is 22.7 Å². The first kappa shape index (κ1) is 20.4. The molecule has 2 heterocycles. The molecule has 146 valence electrons. The second-order valence-electron chi connectivity index (χ2n) is 6.35. The van der Waals surface area contributed by atoms with Gasteiger partial charge in [0, 0.05) is 52.5 Å². The first-order chi connectivity index (χ1) is 12.3. The first-order valence-electron chi connectivity index (χ1n) is 8.50. The largest absolute Gasteiger partial charge is 0.385 e. The summed E-state index contributed by atoms with van der Waals surface area (Å²) in [6.07, 6.45) is 3.05. The number of sulfonamides is 1. The maximum Gasteiger partial charge on any atom is 0.265 e. The molecule has 0 aromatic carbocycles. The van der Waals surface area contributed by atoms with Gasteiger partial charge in [0.05, 0.1) is 0 Å². The number of hydrogen-bond acceptors (Lipinski definition) is 5. The van der Waals surface area contributed by atoms with Crippen molar-refractivity contribution in [3.05, 3.63) is 18.0 Å². The molecule has 2 amide bonds. The van der Waals surface area contributed by atoms with Crippen LogP contribution >= 0.6 is 0 Å². The van der Waals surface area contributed by atoms with Crippen molar-refractivity contribution in [1.29, 1.82) is 0 Å². The van der Waals surface area contributed by atoms with Crippen molar-refractivity contribution in [3.8, 4) is 0 Å². The Morgan fingerprint density at radius 1 is 1.35 bits per heavy atom. The standard InChI is InChI=1S/C16H26N4O5S/c1-19-11-13(10-14(19)15(17)21)26(23,24)20-7-4-12(5-8-20)16(22)18-6-3-9-25-2/h10-12H,3-9H2,1-2H3,(H2,17,21)(H,18,22). The summed E-state index contributed by atoms with van der Waals surface area (Å²) in [6, 6.07) is 1.28. The van der Waals surface area contributed by atoms with Crippen molar-refractivity contribution in [2.45, 2.75) is 24.2 Å². The quantitative estimate of drug-likeness (QED) is 0.593. The molecule has 0 radical (unpaired) electrons. The summed E-state index contributed by atoms with van der Waals surface area (Å²) in [5, 5.41) is 2.85. The van der Waals surface area contributed by atoms with E-state index < -0.39 is 15.9 Å². The van der Waals surface area contributed by atoms with Gasteiger partial charge in [0.1, 0.15) is 10.6 Å². The molecule has 0 spiro atoms. The van der Waals surface area contributed by atoms with Gasteiger partial charge in [-0.25, -0.2) is 8.42 Å². The van der Waals surface area contributed by atoms with Crippen LogP contribution in [0, 0.1) is 5.92 Å². The summed E-state index contributed by atoms with van der Waals surface area (Å²) >= 11 is 0. The molecule has 2 rings (SSSR count). The first-order valence-corrected chi connectivity index (χ1v) is 9.94. The van der Waals surface area contributed by atoms with Crippen LogP contribution in [0.2, 0.25) is 0 Å². The highest BCUT2D eigenvalue weighted by molar-refractivity contribution is 7.89. The van der Waals surface area contributed by atoms with Gasteiger partial charge < -0.3 is 20.4 Å². The van der Waals surface area contributed by atoms with Crippen LogP contribution < -0.4 is 11.1 Å². The molecule has 0 bridgehead atoms. The Balaban J connectivity index is 1.95. The van der Waals surface area contributed by atoms with Crippen LogP contribution in [0.25, 0.3) is 0 Å². The third kappa shape index (κ3) is 4.63. The zero-order valence-electron chi connectivity index (χ0n) is 15.1. The van der Waals surface area contributed by atoms with E-state index in [0.29, 0.717) is 26.0 Å². The number of aryl methyl sites for hydroxylation is 1. The van der Waals surface area contributed by atoms with Crippen LogP contribution in [0.1, 0.15) is 29.8 Å². The van der Waals surface area contributed by atoms with Gasteiger partial charge in [-0.05, 0) is 25.3 Å². The lowest BCUT2D eigenvalue weighted by atomic mass is 9.97. The summed E-state index contributed by atoms with van der Waals surface area (Å²) in [7, 11) is -0.537. The Morgan fingerprint density at radius 3 is 2.54 bits per heavy atom. The molecule has 1 fully saturated rings. The van der Waals surface area contributed by atoms with Gasteiger partial charge in [0.25, 0.3) is 5.91 Å². The number of nitrogens with zero attached hydrogens (tertiary/aromatic N) is 2. The Bertz CT molecular complexity index is 751. The maximum absolute atomic E-state index is 12.7. The Hall–Kier alpha value is -1.91. The van der Waals surface area contributed by atoms with E-state index in [-0.39, 0.29) is 35.5 Å². The van der Waals surface area contributed by atoms with Crippen LogP contribution in [0.4, 0.5) is 0 Å². The number of amides is 2. The van der Waals surface area contributed by atoms with Crippen LogP contribution in [0.15, 0.2) is 17.2 Å². The van der Waals surface area contributed by atoms with Gasteiger partial charge in [0.2, 0.25) is 15.9 Å². The van der Waals surface area contributed by atoms with Crippen molar-refractivity contribution in [2.75, 3.05) is 33.4 Å². The molecule has 0 unspecified atom stereocenters. The number of methoxy groups -OCH3 is 1. The third-order valence-corrected chi connectivity index (χ3v) is 6.38. The molecule has 10 heteroatoms. The fourth-order valence-corrected chi connectivity index (χ4v) is 4.54. The van der Waals surface area contributed by atoms with Gasteiger partial charge in [-0.3, -0.25) is 9.59 Å². The molecule has 1 aromatic heterocycles. The van der Waals surface area contributed by atoms with Crippen LogP contribution in [-0.2, 0) is 26.6 Å². The van der Waals surface area contributed by atoms with Gasteiger partial charge in [-0.1, -0.05) is 0 Å². The lowest BCUT2D eigenvalue weighted by molar-refractivity contribution is -0.126. The Morgan fingerprint density at radius 2 is 2.00 bits per heavy atom. The second-order valence-corrected chi connectivity index (χ2v) is 8.29. The van der Waals surface area contributed by atoms with Crippen LogP contribution in [-0.4, -0.2) is 62.5 Å². The average molecular weight is 386 g/mol. The summed E-state index contributed by atoms with van der Waals surface area (Å²) in [6.45, 7) is 1.66. The van der Waals surface area contributed by atoms with E-state index in [1.165, 1.54) is 21.1 Å². The normalized spacial score (nSPS) is 16.5. The van der Waals surface area contributed by atoms with E-state index in [9.17, 15) is 18.0 Å². The zero-order valence-corrected chi connectivity index (χ0v) is 15.9. The van der Waals surface area contributed by atoms with Gasteiger partial charge in [0.15, 0.2) is 0 Å². The molecule has 26 heavy (non-hydrogen) atoms. The van der Waals surface area contributed by atoms with Crippen molar-refractivity contribution in [3.63, 3.8) is 0 Å². The van der Waals surface area contributed by atoms with Crippen molar-refractivity contribution >= 4 is 21.8 Å². The fourth-order valence-electron chi connectivity index (χ4n) is 3.00. The predicted molar refractivity (Wildman–Crippen MR) is 94.9 cm³/mol. The summed E-state index contributed by atoms with van der Waals surface area (Å²) in [4.78, 5) is 23.5. The minimum atomic E-state index is -3.71. The topological polar surface area (TPSA) is 124 Å². The highest BCUT2D eigenvalue weighted by Crippen LogP contribution is 2.25. The number of nitrogens with two attached hydrogens (primary N) is 1. The SMILES string of the molecule is COCCCNC(=O)C1CCN(S(=O)(=O)c2cc(C(N)=O)n(C)c2)CC1. The number of aromatic nitrogens is 1. The lowest BCUT2D eigenvalue weighted by Gasteiger charge is -2.30. The molecule has 0 aliphatic carbocycles. The number of piperidine rings is 1. The third-order valence-electron chi connectivity index (χ3n) is 4.52. The predicted octanol–water partition coefficient (Wildman–Crippen LogP) is -0.323. The van der Waals surface area contributed by atoms with Crippen molar-refractivity contribution in [2.24, 2.45) is 18.7 Å². The smallest absolute Gasteiger partial charge is 0.265 e. The molecular formula is C16H26N4O5S. The van der Waals surface area contributed by atoms with Gasteiger partial charge >= 0.3 is 0 Å². The van der Waals surface area contributed by atoms with E-state index in [4.69, 9.17) is 10.5 Å². The Labute approximate surface area is 153 Å².